The van der Waals surface area contributed by atoms with Crippen molar-refractivity contribution in [3.05, 3.63) is 114 Å². The first-order chi connectivity index (χ1) is 12.4. The van der Waals surface area contributed by atoms with Crippen LogP contribution in [-0.2, 0) is 20.1 Å². The van der Waals surface area contributed by atoms with Crippen molar-refractivity contribution in [2.24, 2.45) is 0 Å². The van der Waals surface area contributed by atoms with Gasteiger partial charge in [0.05, 0.1) is 0 Å². The van der Waals surface area contributed by atoms with Crippen LogP contribution in [0.3, 0.4) is 0 Å². The predicted molar refractivity (Wildman–Crippen MR) is 101 cm³/mol. The van der Waals surface area contributed by atoms with Gasteiger partial charge in [-0.15, -0.1) is 35.4 Å². The van der Waals surface area contributed by atoms with Gasteiger partial charge in [0.1, 0.15) is 0 Å². The van der Waals surface area contributed by atoms with Crippen molar-refractivity contribution in [3.63, 3.8) is 0 Å². The summed E-state index contributed by atoms with van der Waals surface area (Å²) in [4.78, 5) is 4.47. The molecule has 0 atom stereocenters. The minimum Gasteiger partial charge on any atom is -0.305 e. The van der Waals surface area contributed by atoms with E-state index in [1.54, 1.807) is 0 Å². The summed E-state index contributed by atoms with van der Waals surface area (Å²) in [5.41, 5.74) is 8.73. The van der Waals surface area contributed by atoms with Crippen molar-refractivity contribution in [2.45, 2.75) is 5.92 Å². The average Bonchev–Trinajstić information content (AvgIpc) is 3.03. The molecule has 0 amide bonds. The van der Waals surface area contributed by atoms with Crippen LogP contribution in [0.1, 0.15) is 22.6 Å². The second kappa shape index (κ2) is 6.99. The SMILES string of the molecule is [Ir].[c-]1ccc(C2c3ccccc3-c3ccccc32)cc1-c1ccccn1. The minimum atomic E-state index is 0. The normalized spacial score (nSPS) is 12.2. The fourth-order valence-electron chi connectivity index (χ4n) is 3.85. The largest absolute Gasteiger partial charge is 0.305 e. The Morgan fingerprint density at radius 1 is 0.731 bits per heavy atom. The van der Waals surface area contributed by atoms with Crippen molar-refractivity contribution in [2.75, 3.05) is 0 Å². The third-order valence-electron chi connectivity index (χ3n) is 4.93. The molecule has 3 aromatic carbocycles. The van der Waals surface area contributed by atoms with Gasteiger partial charge in [-0.25, -0.2) is 0 Å². The van der Waals surface area contributed by atoms with Gasteiger partial charge in [0.25, 0.3) is 0 Å². The maximum atomic E-state index is 4.47. The molecule has 1 heterocycles. The number of fused-ring (bicyclic) bond motifs is 3. The first-order valence-corrected chi connectivity index (χ1v) is 8.53. The summed E-state index contributed by atoms with van der Waals surface area (Å²) in [6.45, 7) is 0. The van der Waals surface area contributed by atoms with Crippen LogP contribution in [0.4, 0.5) is 0 Å². The Morgan fingerprint density at radius 3 is 2.04 bits per heavy atom. The zero-order valence-electron chi connectivity index (χ0n) is 14.0. The molecule has 0 saturated heterocycles. The van der Waals surface area contributed by atoms with E-state index in [2.05, 4.69) is 71.7 Å². The van der Waals surface area contributed by atoms with Crippen LogP contribution >= 0.6 is 0 Å². The molecule has 0 bridgehead atoms. The fourth-order valence-corrected chi connectivity index (χ4v) is 3.85. The molecular formula is C24H16IrN-. The average molecular weight is 511 g/mol. The molecule has 2 heteroatoms. The van der Waals surface area contributed by atoms with E-state index < -0.39 is 0 Å². The maximum absolute atomic E-state index is 4.47. The van der Waals surface area contributed by atoms with Gasteiger partial charge in [-0.3, -0.25) is 0 Å². The smallest absolute Gasteiger partial charge is 0.0183 e. The third-order valence-corrected chi connectivity index (χ3v) is 4.93. The van der Waals surface area contributed by atoms with Crippen LogP contribution in [0.25, 0.3) is 22.4 Å². The van der Waals surface area contributed by atoms with Gasteiger partial charge in [-0.2, -0.15) is 0 Å². The standard InChI is InChI=1S/C24H16N.Ir/c1-3-12-21-19(10-1)20-11-2-4-13-22(20)24(21)18-9-7-8-17(16-18)23-14-5-6-15-25-23;/h1-7,9-16,24H;/q-1;. The maximum Gasteiger partial charge on any atom is 0.0183 e. The molecule has 0 aliphatic heterocycles. The Balaban J connectivity index is 0.00000168. The number of hydrogen-bond acceptors (Lipinski definition) is 1. The van der Waals surface area contributed by atoms with Gasteiger partial charge in [0.2, 0.25) is 0 Å². The van der Waals surface area contributed by atoms with Crippen molar-refractivity contribution in [3.8, 4) is 22.4 Å². The molecular weight excluding hydrogens is 494 g/mol. The number of aromatic nitrogens is 1. The number of benzene rings is 3. The Bertz CT molecular complexity index is 1010. The monoisotopic (exact) mass is 511 g/mol. The quantitative estimate of drug-likeness (QED) is 0.278. The first-order valence-electron chi connectivity index (χ1n) is 8.53. The summed E-state index contributed by atoms with van der Waals surface area (Å²) >= 11 is 0. The molecule has 0 N–H and O–H groups in total. The van der Waals surface area contributed by atoms with Gasteiger partial charge in [-0.1, -0.05) is 60.7 Å². The molecule has 0 saturated carbocycles. The summed E-state index contributed by atoms with van der Waals surface area (Å²) < 4.78 is 0. The summed E-state index contributed by atoms with van der Waals surface area (Å²) in [5.74, 6) is 0.268. The summed E-state index contributed by atoms with van der Waals surface area (Å²) in [5, 5.41) is 0. The second-order valence-electron chi connectivity index (χ2n) is 6.36. The molecule has 1 radical (unpaired) electrons. The topological polar surface area (TPSA) is 12.9 Å². The number of hydrogen-bond donors (Lipinski definition) is 0. The predicted octanol–water partition coefficient (Wildman–Crippen LogP) is 5.71. The Morgan fingerprint density at radius 2 is 1.38 bits per heavy atom. The minimum absolute atomic E-state index is 0. The molecule has 4 aromatic rings. The zero-order valence-corrected chi connectivity index (χ0v) is 16.4. The van der Waals surface area contributed by atoms with Gasteiger partial charge in [0, 0.05) is 32.2 Å². The molecule has 1 aromatic heterocycles. The molecule has 0 fully saturated rings. The molecule has 26 heavy (non-hydrogen) atoms. The van der Waals surface area contributed by atoms with Crippen molar-refractivity contribution in [1.29, 1.82) is 0 Å². The molecule has 0 unspecified atom stereocenters. The molecule has 1 aliphatic carbocycles. The van der Waals surface area contributed by atoms with Crippen LogP contribution in [0.2, 0.25) is 0 Å². The summed E-state index contributed by atoms with van der Waals surface area (Å²) in [6, 6.07) is 33.2. The summed E-state index contributed by atoms with van der Waals surface area (Å²) in [7, 11) is 0. The molecule has 0 spiro atoms. The van der Waals surface area contributed by atoms with Crippen LogP contribution in [0.15, 0.2) is 91.1 Å². The van der Waals surface area contributed by atoms with E-state index in [4.69, 9.17) is 0 Å². The van der Waals surface area contributed by atoms with Gasteiger partial charge >= 0.3 is 0 Å². The summed E-state index contributed by atoms with van der Waals surface area (Å²) in [6.07, 6.45) is 1.83. The van der Waals surface area contributed by atoms with Gasteiger partial charge < -0.3 is 4.98 Å². The number of rotatable bonds is 2. The van der Waals surface area contributed by atoms with Crippen LogP contribution in [-0.4, -0.2) is 4.98 Å². The molecule has 1 aliphatic rings. The van der Waals surface area contributed by atoms with Gasteiger partial charge in [-0.05, 0) is 34.0 Å². The van der Waals surface area contributed by atoms with Crippen molar-refractivity contribution >= 4 is 0 Å². The van der Waals surface area contributed by atoms with E-state index in [1.807, 2.05) is 30.5 Å². The Kier molecular flexibility index (Phi) is 4.55. The van der Waals surface area contributed by atoms with E-state index in [0.717, 1.165) is 11.3 Å². The van der Waals surface area contributed by atoms with Crippen molar-refractivity contribution in [1.82, 2.24) is 4.98 Å². The first kappa shape index (κ1) is 16.9. The van der Waals surface area contributed by atoms with Gasteiger partial charge in [0.15, 0.2) is 0 Å². The number of nitrogens with zero attached hydrogens (tertiary/aromatic N) is 1. The fraction of sp³-hybridized carbons (Fsp3) is 0.0417. The van der Waals surface area contributed by atoms with Crippen molar-refractivity contribution < 1.29 is 20.1 Å². The van der Waals surface area contributed by atoms with E-state index in [1.165, 1.54) is 27.8 Å². The zero-order chi connectivity index (χ0) is 16.6. The van der Waals surface area contributed by atoms with E-state index in [0.29, 0.717) is 0 Å². The van der Waals surface area contributed by atoms with Crippen LogP contribution < -0.4 is 0 Å². The van der Waals surface area contributed by atoms with E-state index >= 15 is 0 Å². The van der Waals surface area contributed by atoms with E-state index in [-0.39, 0.29) is 26.0 Å². The third kappa shape index (κ3) is 2.72. The Labute approximate surface area is 167 Å². The molecule has 5 rings (SSSR count). The van der Waals surface area contributed by atoms with E-state index in [9.17, 15) is 0 Å². The Hall–Kier alpha value is -2.54. The number of pyridine rings is 1. The van der Waals surface area contributed by atoms with Crippen LogP contribution in [0.5, 0.6) is 0 Å². The molecule has 1 nitrogen and oxygen atoms in total. The van der Waals surface area contributed by atoms with Crippen LogP contribution in [0, 0.1) is 6.07 Å². The second-order valence-corrected chi connectivity index (χ2v) is 6.36. The molecule has 127 valence electrons.